The maximum absolute atomic E-state index is 13.0. The average molecular weight is 328 g/mol. The number of likely N-dealkylation sites (N-methyl/N-ethyl adjacent to an activating group) is 1. The Balaban J connectivity index is 2.04. The number of carbonyl (C=O) groups is 1. The lowest BCUT2D eigenvalue weighted by atomic mass is 10.1. The molecule has 1 saturated heterocycles. The fourth-order valence-electron chi connectivity index (χ4n) is 2.87. The molecule has 6 nitrogen and oxygen atoms in total. The first-order chi connectivity index (χ1) is 11.5. The highest BCUT2D eigenvalue weighted by atomic mass is 16.5. The second-order valence-electron chi connectivity index (χ2n) is 6.61. The van der Waals surface area contributed by atoms with Crippen LogP contribution in [0.1, 0.15) is 29.8 Å². The highest BCUT2D eigenvalue weighted by molar-refractivity contribution is 5.95. The van der Waals surface area contributed by atoms with Gasteiger partial charge in [-0.3, -0.25) is 20.1 Å². The molecule has 1 N–H and O–H groups in total. The van der Waals surface area contributed by atoms with Crippen molar-refractivity contribution in [1.29, 1.82) is 0 Å². The molecule has 0 saturated carbocycles. The van der Waals surface area contributed by atoms with E-state index >= 15 is 0 Å². The van der Waals surface area contributed by atoms with Crippen LogP contribution in [-0.4, -0.2) is 65.2 Å². The highest BCUT2D eigenvalue weighted by Gasteiger charge is 2.22. The summed E-state index contributed by atoms with van der Waals surface area (Å²) in [5, 5.41) is 12.7. The Labute approximate surface area is 142 Å². The SMILES string of the molecule is CC(C)N(O)C=c1c(C(=O)N2CCN(C)CC2)ccc2c1=NC=C2. The van der Waals surface area contributed by atoms with Gasteiger partial charge < -0.3 is 9.80 Å². The Hall–Kier alpha value is -2.18. The second-order valence-corrected chi connectivity index (χ2v) is 6.61. The highest BCUT2D eigenvalue weighted by Crippen LogP contribution is 2.08. The first kappa shape index (κ1) is 16.7. The van der Waals surface area contributed by atoms with Gasteiger partial charge in [0.25, 0.3) is 5.91 Å². The third-order valence-electron chi connectivity index (χ3n) is 4.52. The van der Waals surface area contributed by atoms with Gasteiger partial charge in [0.05, 0.1) is 17.0 Å². The smallest absolute Gasteiger partial charge is 0.254 e. The molecule has 2 heterocycles. The van der Waals surface area contributed by atoms with Crippen molar-refractivity contribution in [2.45, 2.75) is 19.9 Å². The van der Waals surface area contributed by atoms with Crippen molar-refractivity contribution >= 4 is 18.2 Å². The van der Waals surface area contributed by atoms with E-state index in [-0.39, 0.29) is 11.9 Å². The molecule has 0 bridgehead atoms. The van der Waals surface area contributed by atoms with Gasteiger partial charge >= 0.3 is 0 Å². The Kier molecular flexibility index (Phi) is 4.69. The summed E-state index contributed by atoms with van der Waals surface area (Å²) in [5.41, 5.74) is 1.55. The molecule has 0 radical (unpaired) electrons. The molecule has 1 fully saturated rings. The Morgan fingerprint density at radius 1 is 1.29 bits per heavy atom. The lowest BCUT2D eigenvalue weighted by molar-refractivity contribution is -0.0478. The number of nitrogens with zero attached hydrogens (tertiary/aromatic N) is 4. The van der Waals surface area contributed by atoms with Gasteiger partial charge in [-0.2, -0.15) is 0 Å². The predicted octanol–water partition coefficient (Wildman–Crippen LogP) is 0.516. The average Bonchev–Trinajstić information content (AvgIpc) is 3.04. The van der Waals surface area contributed by atoms with Crippen LogP contribution < -0.4 is 10.6 Å². The zero-order chi connectivity index (χ0) is 17.3. The summed E-state index contributed by atoms with van der Waals surface area (Å²) < 4.78 is 0. The zero-order valence-corrected chi connectivity index (χ0v) is 14.4. The third kappa shape index (κ3) is 3.20. The van der Waals surface area contributed by atoms with Gasteiger partial charge in [0.15, 0.2) is 0 Å². The molecular weight excluding hydrogens is 304 g/mol. The van der Waals surface area contributed by atoms with E-state index < -0.39 is 0 Å². The largest absolute Gasteiger partial charge is 0.336 e. The lowest BCUT2D eigenvalue weighted by Gasteiger charge is -2.32. The number of hydrogen-bond acceptors (Lipinski definition) is 5. The minimum Gasteiger partial charge on any atom is -0.336 e. The lowest BCUT2D eigenvalue weighted by Crippen LogP contribution is -2.49. The quantitative estimate of drug-likeness (QED) is 0.822. The van der Waals surface area contributed by atoms with Crippen LogP contribution in [-0.2, 0) is 0 Å². The number of fused-ring (bicyclic) bond motifs is 1. The molecule has 6 heteroatoms. The normalized spacial score (nSPS) is 18.0. The molecule has 128 valence electrons. The minimum atomic E-state index is -0.0817. The van der Waals surface area contributed by atoms with Crippen molar-refractivity contribution in [3.05, 3.63) is 40.0 Å². The molecule has 2 aliphatic heterocycles. The van der Waals surface area contributed by atoms with E-state index in [1.54, 1.807) is 12.4 Å². The first-order valence-corrected chi connectivity index (χ1v) is 8.31. The summed E-state index contributed by atoms with van der Waals surface area (Å²) in [5.74, 6) is -0.00333. The van der Waals surface area contributed by atoms with Crippen LogP contribution >= 0.6 is 0 Å². The monoisotopic (exact) mass is 328 g/mol. The van der Waals surface area contributed by atoms with Gasteiger partial charge in [-0.05, 0) is 33.0 Å². The Morgan fingerprint density at radius 2 is 2.00 bits per heavy atom. The van der Waals surface area contributed by atoms with Crippen LogP contribution in [0, 0.1) is 0 Å². The second kappa shape index (κ2) is 6.75. The number of hydroxylamine groups is 2. The van der Waals surface area contributed by atoms with Crippen molar-refractivity contribution in [3.8, 4) is 0 Å². The summed E-state index contributed by atoms with van der Waals surface area (Å²) in [6.07, 6.45) is 5.25. The molecule has 24 heavy (non-hydrogen) atoms. The van der Waals surface area contributed by atoms with Crippen LogP contribution in [0.25, 0.3) is 12.3 Å². The molecule has 2 aliphatic rings. The molecule has 0 aromatic heterocycles. The maximum atomic E-state index is 13.0. The molecule has 0 atom stereocenters. The fourth-order valence-corrected chi connectivity index (χ4v) is 2.87. The van der Waals surface area contributed by atoms with Crippen LogP contribution in [0.2, 0.25) is 0 Å². The molecule has 0 unspecified atom stereocenters. The van der Waals surface area contributed by atoms with Crippen molar-refractivity contribution in [1.82, 2.24) is 14.9 Å². The molecule has 3 rings (SSSR count). The summed E-state index contributed by atoms with van der Waals surface area (Å²) in [7, 11) is 2.06. The number of rotatable bonds is 3. The summed E-state index contributed by atoms with van der Waals surface area (Å²) >= 11 is 0. The van der Waals surface area contributed by atoms with E-state index in [2.05, 4.69) is 16.9 Å². The molecular formula is C18H24N4O2. The Morgan fingerprint density at radius 3 is 2.67 bits per heavy atom. The number of piperazine rings is 1. The molecule has 1 aromatic rings. The van der Waals surface area contributed by atoms with Crippen LogP contribution in [0.15, 0.2) is 23.3 Å². The van der Waals surface area contributed by atoms with Crippen LogP contribution in [0.3, 0.4) is 0 Å². The standard InChI is InChI=1S/C18H24N4O2/c1-13(2)22(24)12-16-15(5-4-14-6-7-19-17(14)16)18(23)21-10-8-20(3)9-11-21/h4-7,12-13,24H,8-11H2,1-3H3. The molecule has 1 aromatic carbocycles. The summed E-state index contributed by atoms with van der Waals surface area (Å²) in [6, 6.07) is 3.67. The van der Waals surface area contributed by atoms with E-state index in [1.807, 2.05) is 37.0 Å². The van der Waals surface area contributed by atoms with Crippen LogP contribution in [0.4, 0.5) is 0 Å². The van der Waals surface area contributed by atoms with Crippen molar-refractivity contribution in [2.24, 2.45) is 4.99 Å². The maximum Gasteiger partial charge on any atom is 0.254 e. The molecule has 1 amide bonds. The van der Waals surface area contributed by atoms with E-state index in [0.29, 0.717) is 23.9 Å². The Bertz CT molecular complexity index is 777. The third-order valence-corrected chi connectivity index (χ3v) is 4.52. The van der Waals surface area contributed by atoms with Crippen LogP contribution in [0.5, 0.6) is 0 Å². The number of carbonyl (C=O) groups excluding carboxylic acids is 1. The molecule has 0 spiro atoms. The van der Waals surface area contributed by atoms with Gasteiger partial charge in [0.2, 0.25) is 0 Å². The summed E-state index contributed by atoms with van der Waals surface area (Å²) in [4.78, 5) is 21.5. The van der Waals surface area contributed by atoms with Gasteiger partial charge in [-0.15, -0.1) is 0 Å². The molecule has 0 aliphatic carbocycles. The number of hydrogen-bond donors (Lipinski definition) is 1. The number of amides is 1. The van der Waals surface area contributed by atoms with Crippen molar-refractivity contribution < 1.29 is 10.0 Å². The first-order valence-electron chi connectivity index (χ1n) is 8.31. The van der Waals surface area contributed by atoms with E-state index in [4.69, 9.17) is 0 Å². The van der Waals surface area contributed by atoms with E-state index in [9.17, 15) is 10.0 Å². The summed E-state index contributed by atoms with van der Waals surface area (Å²) in [6.45, 7) is 6.95. The van der Waals surface area contributed by atoms with E-state index in [1.165, 1.54) is 0 Å². The predicted molar refractivity (Wildman–Crippen MR) is 92.9 cm³/mol. The van der Waals surface area contributed by atoms with Crippen molar-refractivity contribution in [3.63, 3.8) is 0 Å². The van der Waals surface area contributed by atoms with Gasteiger partial charge in [0.1, 0.15) is 0 Å². The van der Waals surface area contributed by atoms with Gasteiger partial charge in [0, 0.05) is 49.4 Å². The van der Waals surface area contributed by atoms with Gasteiger partial charge in [-0.25, -0.2) is 0 Å². The fraction of sp³-hybridized carbons (Fsp3) is 0.444. The minimum absolute atomic E-state index is 0.00333. The van der Waals surface area contributed by atoms with Crippen molar-refractivity contribution in [2.75, 3.05) is 33.2 Å². The zero-order valence-electron chi connectivity index (χ0n) is 14.4. The topological polar surface area (TPSA) is 59.4 Å². The van der Waals surface area contributed by atoms with Gasteiger partial charge in [-0.1, -0.05) is 6.07 Å². The van der Waals surface area contributed by atoms with E-state index in [0.717, 1.165) is 29.1 Å². The number of benzene rings is 1.